The maximum Gasteiger partial charge on any atom is 0.317 e. The fourth-order valence-corrected chi connectivity index (χ4v) is 1.03. The number of carbonyl (C=O) groups excluding carboxylic acids is 1. The zero-order chi connectivity index (χ0) is 10.6. The number of nitrogens with zero attached hydrogens (tertiary/aromatic N) is 1. The first-order chi connectivity index (χ1) is 5.80. The molecule has 1 N–H and O–H groups in total. The molecule has 0 aromatic heterocycles. The van der Waals surface area contributed by atoms with Gasteiger partial charge >= 0.3 is 6.03 Å². The second-order valence-corrected chi connectivity index (χ2v) is 4.49. The van der Waals surface area contributed by atoms with Crippen LogP contribution in [0.1, 0.15) is 34.6 Å². The standard InChI is InChI=1S/C10H22N2O/c1-7-11-9(13)12(6)8(2)10(3,4)5/h8H,7H2,1-6H3,(H,11,13)/t8-/m1/s1. The van der Waals surface area contributed by atoms with Crippen LogP contribution in [0.15, 0.2) is 0 Å². The zero-order valence-corrected chi connectivity index (χ0v) is 9.64. The molecule has 0 aliphatic heterocycles. The zero-order valence-electron chi connectivity index (χ0n) is 9.64. The molecule has 13 heavy (non-hydrogen) atoms. The van der Waals surface area contributed by atoms with Crippen LogP contribution in [0.5, 0.6) is 0 Å². The molecule has 0 radical (unpaired) electrons. The van der Waals surface area contributed by atoms with E-state index < -0.39 is 0 Å². The van der Waals surface area contributed by atoms with Crippen LogP contribution in [-0.2, 0) is 0 Å². The molecule has 0 heterocycles. The Labute approximate surface area is 81.5 Å². The molecular formula is C10H22N2O. The molecule has 0 rings (SSSR count). The van der Waals surface area contributed by atoms with Crippen molar-refractivity contribution in [2.75, 3.05) is 13.6 Å². The molecular weight excluding hydrogens is 164 g/mol. The highest BCUT2D eigenvalue weighted by atomic mass is 16.2. The topological polar surface area (TPSA) is 32.3 Å². The van der Waals surface area contributed by atoms with E-state index in [1.165, 1.54) is 0 Å². The minimum atomic E-state index is 0.00456. The molecule has 78 valence electrons. The highest BCUT2D eigenvalue weighted by Crippen LogP contribution is 2.22. The lowest BCUT2D eigenvalue weighted by Gasteiger charge is -2.35. The van der Waals surface area contributed by atoms with E-state index in [0.29, 0.717) is 6.54 Å². The van der Waals surface area contributed by atoms with Gasteiger partial charge < -0.3 is 10.2 Å². The molecule has 2 amide bonds. The van der Waals surface area contributed by atoms with Gasteiger partial charge in [0.25, 0.3) is 0 Å². The quantitative estimate of drug-likeness (QED) is 0.703. The molecule has 0 saturated heterocycles. The molecule has 0 bridgehead atoms. The Bertz CT molecular complexity index is 172. The van der Waals surface area contributed by atoms with Crippen molar-refractivity contribution in [3.05, 3.63) is 0 Å². The third-order valence-electron chi connectivity index (χ3n) is 2.48. The van der Waals surface area contributed by atoms with E-state index in [4.69, 9.17) is 0 Å². The average molecular weight is 186 g/mol. The first-order valence-electron chi connectivity index (χ1n) is 4.81. The smallest absolute Gasteiger partial charge is 0.317 e. The lowest BCUT2D eigenvalue weighted by molar-refractivity contribution is 0.146. The van der Waals surface area contributed by atoms with E-state index in [1.54, 1.807) is 4.90 Å². The van der Waals surface area contributed by atoms with Gasteiger partial charge in [-0.1, -0.05) is 20.8 Å². The van der Waals surface area contributed by atoms with Gasteiger partial charge in [0.2, 0.25) is 0 Å². The third kappa shape index (κ3) is 3.66. The molecule has 0 fully saturated rings. The van der Waals surface area contributed by atoms with Crippen LogP contribution in [0.4, 0.5) is 4.79 Å². The first-order valence-corrected chi connectivity index (χ1v) is 4.81. The number of hydrogen-bond acceptors (Lipinski definition) is 1. The molecule has 0 unspecified atom stereocenters. The molecule has 0 aromatic rings. The van der Waals surface area contributed by atoms with Crippen LogP contribution in [0.3, 0.4) is 0 Å². The summed E-state index contributed by atoms with van der Waals surface area (Å²) in [4.78, 5) is 13.2. The summed E-state index contributed by atoms with van der Waals surface area (Å²) in [5.41, 5.74) is 0.125. The summed E-state index contributed by atoms with van der Waals surface area (Å²) in [6, 6.07) is 0.240. The molecule has 0 aliphatic carbocycles. The molecule has 0 aliphatic rings. The van der Waals surface area contributed by atoms with Crippen molar-refractivity contribution in [1.29, 1.82) is 0 Å². The summed E-state index contributed by atoms with van der Waals surface area (Å²) in [7, 11) is 1.83. The van der Waals surface area contributed by atoms with E-state index in [9.17, 15) is 4.79 Å². The second kappa shape index (κ2) is 4.49. The summed E-state index contributed by atoms with van der Waals surface area (Å²) < 4.78 is 0. The van der Waals surface area contributed by atoms with E-state index >= 15 is 0 Å². The Balaban J connectivity index is 4.25. The Morgan fingerprint density at radius 1 is 1.46 bits per heavy atom. The normalized spacial score (nSPS) is 13.7. The second-order valence-electron chi connectivity index (χ2n) is 4.49. The molecule has 0 aromatic carbocycles. The Kier molecular flexibility index (Phi) is 4.24. The van der Waals surface area contributed by atoms with Gasteiger partial charge in [-0.3, -0.25) is 0 Å². The number of nitrogens with one attached hydrogen (secondary N) is 1. The maximum atomic E-state index is 11.4. The van der Waals surface area contributed by atoms with Crippen molar-refractivity contribution in [2.24, 2.45) is 5.41 Å². The van der Waals surface area contributed by atoms with Crippen LogP contribution >= 0.6 is 0 Å². The largest absolute Gasteiger partial charge is 0.338 e. The number of urea groups is 1. The van der Waals surface area contributed by atoms with Crippen molar-refractivity contribution in [2.45, 2.75) is 40.7 Å². The molecule has 0 saturated carbocycles. The van der Waals surface area contributed by atoms with Gasteiger partial charge in [-0.25, -0.2) is 4.79 Å². The van der Waals surface area contributed by atoms with Crippen LogP contribution in [0.25, 0.3) is 0 Å². The lowest BCUT2D eigenvalue weighted by atomic mass is 9.87. The van der Waals surface area contributed by atoms with Crippen molar-refractivity contribution < 1.29 is 4.79 Å². The average Bonchev–Trinajstić information content (AvgIpc) is 2.00. The number of rotatable bonds is 2. The van der Waals surface area contributed by atoms with Crippen molar-refractivity contribution >= 4 is 6.03 Å². The summed E-state index contributed by atoms with van der Waals surface area (Å²) >= 11 is 0. The van der Waals surface area contributed by atoms with Gasteiger partial charge in [0.15, 0.2) is 0 Å². The molecule has 3 heteroatoms. The Morgan fingerprint density at radius 3 is 2.23 bits per heavy atom. The fraction of sp³-hybridized carbons (Fsp3) is 0.900. The minimum Gasteiger partial charge on any atom is -0.338 e. The van der Waals surface area contributed by atoms with Crippen LogP contribution in [-0.4, -0.2) is 30.6 Å². The van der Waals surface area contributed by atoms with Crippen LogP contribution in [0.2, 0.25) is 0 Å². The minimum absolute atomic E-state index is 0.00456. The lowest BCUT2D eigenvalue weighted by Crippen LogP contribution is -2.47. The highest BCUT2D eigenvalue weighted by molar-refractivity contribution is 5.74. The number of carbonyl (C=O) groups is 1. The third-order valence-corrected chi connectivity index (χ3v) is 2.48. The maximum absolute atomic E-state index is 11.4. The van der Waals surface area contributed by atoms with Crippen molar-refractivity contribution in [3.63, 3.8) is 0 Å². The van der Waals surface area contributed by atoms with Gasteiger partial charge in [-0.2, -0.15) is 0 Å². The van der Waals surface area contributed by atoms with Crippen molar-refractivity contribution in [3.8, 4) is 0 Å². The molecule has 0 spiro atoms. The Morgan fingerprint density at radius 2 is 1.92 bits per heavy atom. The van der Waals surface area contributed by atoms with Gasteiger partial charge in [0, 0.05) is 19.6 Å². The summed E-state index contributed by atoms with van der Waals surface area (Å²) in [6.07, 6.45) is 0. The summed E-state index contributed by atoms with van der Waals surface area (Å²) in [5, 5.41) is 2.79. The van der Waals surface area contributed by atoms with Crippen molar-refractivity contribution in [1.82, 2.24) is 10.2 Å². The van der Waals surface area contributed by atoms with E-state index in [1.807, 2.05) is 14.0 Å². The predicted octanol–water partition coefficient (Wildman–Crippen LogP) is 2.08. The predicted molar refractivity (Wildman–Crippen MR) is 55.8 cm³/mol. The first kappa shape index (κ1) is 12.3. The number of amides is 2. The summed E-state index contributed by atoms with van der Waals surface area (Å²) in [5.74, 6) is 0. The fourth-order valence-electron chi connectivity index (χ4n) is 1.03. The highest BCUT2D eigenvalue weighted by Gasteiger charge is 2.26. The van der Waals surface area contributed by atoms with E-state index in [2.05, 4.69) is 33.0 Å². The molecule has 3 nitrogen and oxygen atoms in total. The molecule has 1 atom stereocenters. The van der Waals surface area contributed by atoms with Crippen LogP contribution in [0, 0.1) is 5.41 Å². The van der Waals surface area contributed by atoms with Gasteiger partial charge in [-0.15, -0.1) is 0 Å². The van der Waals surface area contributed by atoms with E-state index in [0.717, 1.165) is 0 Å². The van der Waals surface area contributed by atoms with Crippen LogP contribution < -0.4 is 5.32 Å². The summed E-state index contributed by atoms with van der Waals surface area (Å²) in [6.45, 7) is 11.1. The monoisotopic (exact) mass is 186 g/mol. The SMILES string of the molecule is CCNC(=O)N(C)[C@H](C)C(C)(C)C. The van der Waals surface area contributed by atoms with E-state index in [-0.39, 0.29) is 17.5 Å². The number of hydrogen-bond donors (Lipinski definition) is 1. The van der Waals surface area contributed by atoms with Gasteiger partial charge in [0.1, 0.15) is 0 Å². The Hall–Kier alpha value is -0.730. The van der Waals surface area contributed by atoms with Gasteiger partial charge in [0.05, 0.1) is 0 Å². The van der Waals surface area contributed by atoms with Gasteiger partial charge in [-0.05, 0) is 19.3 Å².